The van der Waals surface area contributed by atoms with E-state index in [0.29, 0.717) is 30.5 Å². The second kappa shape index (κ2) is 10.6. The molecule has 0 saturated carbocycles. The van der Waals surface area contributed by atoms with Gasteiger partial charge in [-0.1, -0.05) is 32.9 Å². The minimum Gasteiger partial charge on any atom is -0.493 e. The standard InChI is InChI=1S/C19H29NO5/c1-14(2)10-11-20(12-15(3)19(22)24-5)18(21)13-25-17-9-7-6-8-16(17)23-4/h6-9,14-15H,10-13H2,1-5H3. The van der Waals surface area contributed by atoms with Crippen molar-refractivity contribution in [2.24, 2.45) is 11.8 Å². The fourth-order valence-corrected chi connectivity index (χ4v) is 2.31. The smallest absolute Gasteiger partial charge is 0.310 e. The quantitative estimate of drug-likeness (QED) is 0.607. The molecule has 0 fully saturated rings. The van der Waals surface area contributed by atoms with Gasteiger partial charge in [0, 0.05) is 13.1 Å². The Labute approximate surface area is 150 Å². The van der Waals surface area contributed by atoms with Crippen molar-refractivity contribution in [3.05, 3.63) is 24.3 Å². The number of amides is 1. The van der Waals surface area contributed by atoms with Gasteiger partial charge in [-0.25, -0.2) is 0 Å². The maximum absolute atomic E-state index is 12.6. The van der Waals surface area contributed by atoms with Gasteiger partial charge in [0.1, 0.15) is 0 Å². The van der Waals surface area contributed by atoms with E-state index in [2.05, 4.69) is 13.8 Å². The summed E-state index contributed by atoms with van der Waals surface area (Å²) in [4.78, 5) is 25.9. The van der Waals surface area contributed by atoms with Crippen LogP contribution >= 0.6 is 0 Å². The van der Waals surface area contributed by atoms with E-state index in [1.165, 1.54) is 7.11 Å². The summed E-state index contributed by atoms with van der Waals surface area (Å²) in [6.07, 6.45) is 0.855. The van der Waals surface area contributed by atoms with Crippen LogP contribution < -0.4 is 9.47 Å². The Balaban J connectivity index is 2.72. The van der Waals surface area contributed by atoms with E-state index >= 15 is 0 Å². The van der Waals surface area contributed by atoms with Crippen molar-refractivity contribution in [1.82, 2.24) is 4.90 Å². The monoisotopic (exact) mass is 351 g/mol. The molecule has 1 unspecified atom stereocenters. The van der Waals surface area contributed by atoms with Gasteiger partial charge < -0.3 is 19.1 Å². The number of methoxy groups -OCH3 is 2. The molecule has 1 aromatic carbocycles. The largest absolute Gasteiger partial charge is 0.493 e. The fourth-order valence-electron chi connectivity index (χ4n) is 2.31. The molecule has 0 aliphatic carbocycles. The van der Waals surface area contributed by atoms with Gasteiger partial charge in [-0.2, -0.15) is 0 Å². The molecule has 0 spiro atoms. The third kappa shape index (κ3) is 7.03. The molecule has 6 heteroatoms. The zero-order chi connectivity index (χ0) is 18.8. The van der Waals surface area contributed by atoms with Crippen molar-refractivity contribution in [3.63, 3.8) is 0 Å². The third-order valence-electron chi connectivity index (χ3n) is 3.85. The van der Waals surface area contributed by atoms with E-state index in [1.54, 1.807) is 31.1 Å². The second-order valence-corrected chi connectivity index (χ2v) is 6.39. The first-order chi connectivity index (χ1) is 11.9. The molecule has 1 atom stereocenters. The van der Waals surface area contributed by atoms with Gasteiger partial charge in [0.05, 0.1) is 20.1 Å². The Kier molecular flexibility index (Phi) is 8.81. The summed E-state index contributed by atoms with van der Waals surface area (Å²) in [6, 6.07) is 7.18. The first-order valence-electron chi connectivity index (χ1n) is 8.50. The molecule has 0 heterocycles. The van der Waals surface area contributed by atoms with Gasteiger partial charge >= 0.3 is 5.97 Å². The lowest BCUT2D eigenvalue weighted by Gasteiger charge is -2.26. The van der Waals surface area contributed by atoms with E-state index in [9.17, 15) is 9.59 Å². The van der Waals surface area contributed by atoms with Crippen LogP contribution in [0.25, 0.3) is 0 Å². The number of hydrogen-bond donors (Lipinski definition) is 0. The Morgan fingerprint density at radius 2 is 1.72 bits per heavy atom. The number of hydrogen-bond acceptors (Lipinski definition) is 5. The summed E-state index contributed by atoms with van der Waals surface area (Å²) < 4.78 is 15.6. The summed E-state index contributed by atoms with van der Waals surface area (Å²) in [5, 5.41) is 0. The summed E-state index contributed by atoms with van der Waals surface area (Å²) in [6.45, 7) is 6.73. The Bertz CT molecular complexity index is 559. The van der Waals surface area contributed by atoms with Crippen LogP contribution in [0.3, 0.4) is 0 Å². The highest BCUT2D eigenvalue weighted by Crippen LogP contribution is 2.25. The van der Waals surface area contributed by atoms with Crippen molar-refractivity contribution in [2.75, 3.05) is 33.9 Å². The average molecular weight is 351 g/mol. The molecule has 0 aliphatic heterocycles. The number of nitrogens with zero attached hydrogens (tertiary/aromatic N) is 1. The van der Waals surface area contributed by atoms with Crippen LogP contribution in [0.1, 0.15) is 27.2 Å². The van der Waals surface area contributed by atoms with Crippen LogP contribution in [-0.4, -0.2) is 50.7 Å². The van der Waals surface area contributed by atoms with Crippen molar-refractivity contribution < 1.29 is 23.8 Å². The lowest BCUT2D eigenvalue weighted by atomic mass is 10.1. The van der Waals surface area contributed by atoms with Gasteiger partial charge in [-0.3, -0.25) is 9.59 Å². The Morgan fingerprint density at radius 3 is 2.28 bits per heavy atom. The molecule has 1 aromatic rings. The van der Waals surface area contributed by atoms with Gasteiger partial charge in [0.2, 0.25) is 0 Å². The third-order valence-corrected chi connectivity index (χ3v) is 3.85. The Hall–Kier alpha value is -2.24. The van der Waals surface area contributed by atoms with Crippen LogP contribution in [-0.2, 0) is 14.3 Å². The lowest BCUT2D eigenvalue weighted by molar-refractivity contribution is -0.146. The van der Waals surface area contributed by atoms with Gasteiger partial charge in [0.25, 0.3) is 5.91 Å². The van der Waals surface area contributed by atoms with E-state index in [-0.39, 0.29) is 24.4 Å². The molecule has 0 saturated heterocycles. The molecule has 0 aromatic heterocycles. The number of carbonyl (C=O) groups excluding carboxylic acids is 2. The van der Waals surface area contributed by atoms with E-state index < -0.39 is 0 Å². The highest BCUT2D eigenvalue weighted by Gasteiger charge is 2.22. The van der Waals surface area contributed by atoms with E-state index in [0.717, 1.165) is 6.42 Å². The summed E-state index contributed by atoms with van der Waals surface area (Å²) in [5.74, 6) is 0.677. The summed E-state index contributed by atoms with van der Waals surface area (Å²) >= 11 is 0. The topological polar surface area (TPSA) is 65.1 Å². The zero-order valence-corrected chi connectivity index (χ0v) is 15.8. The maximum atomic E-state index is 12.6. The first kappa shape index (κ1) is 20.8. The summed E-state index contributed by atoms with van der Waals surface area (Å²) in [7, 11) is 2.90. The molecule has 1 rings (SSSR count). The molecule has 25 heavy (non-hydrogen) atoms. The minimum absolute atomic E-state index is 0.105. The van der Waals surface area contributed by atoms with Crippen LogP contribution in [0, 0.1) is 11.8 Å². The first-order valence-corrected chi connectivity index (χ1v) is 8.50. The van der Waals surface area contributed by atoms with Crippen LogP contribution in [0.2, 0.25) is 0 Å². The maximum Gasteiger partial charge on any atom is 0.310 e. The molecule has 0 aliphatic rings. The van der Waals surface area contributed by atoms with Crippen molar-refractivity contribution in [3.8, 4) is 11.5 Å². The van der Waals surface area contributed by atoms with Crippen LogP contribution in [0.5, 0.6) is 11.5 Å². The number of rotatable bonds is 10. The van der Waals surface area contributed by atoms with Gasteiger partial charge in [-0.05, 0) is 24.5 Å². The fraction of sp³-hybridized carbons (Fsp3) is 0.579. The van der Waals surface area contributed by atoms with Gasteiger partial charge in [0.15, 0.2) is 18.1 Å². The van der Waals surface area contributed by atoms with Gasteiger partial charge in [-0.15, -0.1) is 0 Å². The highest BCUT2D eigenvalue weighted by molar-refractivity contribution is 5.79. The molecule has 140 valence electrons. The van der Waals surface area contributed by atoms with Crippen molar-refractivity contribution >= 4 is 11.9 Å². The lowest BCUT2D eigenvalue weighted by Crippen LogP contribution is -2.40. The molecule has 1 amide bonds. The summed E-state index contributed by atoms with van der Waals surface area (Å²) in [5.41, 5.74) is 0. The SMILES string of the molecule is COC(=O)C(C)CN(CCC(C)C)C(=O)COc1ccccc1OC. The van der Waals surface area contributed by atoms with Crippen LogP contribution in [0.15, 0.2) is 24.3 Å². The normalized spacial score (nSPS) is 11.8. The minimum atomic E-state index is -0.382. The molecule has 0 N–H and O–H groups in total. The molecule has 6 nitrogen and oxygen atoms in total. The van der Waals surface area contributed by atoms with Crippen LogP contribution in [0.4, 0.5) is 0 Å². The number of esters is 1. The predicted octanol–water partition coefficient (Wildman–Crippen LogP) is 2.76. The number of para-hydroxylation sites is 2. The molecule has 0 bridgehead atoms. The van der Waals surface area contributed by atoms with E-state index in [4.69, 9.17) is 14.2 Å². The van der Waals surface area contributed by atoms with Crippen molar-refractivity contribution in [1.29, 1.82) is 0 Å². The molecular formula is C19H29NO5. The number of carbonyl (C=O) groups is 2. The zero-order valence-electron chi connectivity index (χ0n) is 15.8. The highest BCUT2D eigenvalue weighted by atomic mass is 16.5. The predicted molar refractivity (Wildman–Crippen MR) is 95.7 cm³/mol. The second-order valence-electron chi connectivity index (χ2n) is 6.39. The number of benzene rings is 1. The molecular weight excluding hydrogens is 322 g/mol. The average Bonchev–Trinajstić information content (AvgIpc) is 2.62. The van der Waals surface area contributed by atoms with E-state index in [1.807, 2.05) is 12.1 Å². The number of ether oxygens (including phenoxy) is 3. The Morgan fingerprint density at radius 1 is 1.08 bits per heavy atom. The van der Waals surface area contributed by atoms with Crippen molar-refractivity contribution in [2.45, 2.75) is 27.2 Å². The molecule has 0 radical (unpaired) electrons.